The van der Waals surface area contributed by atoms with Gasteiger partial charge in [0.2, 0.25) is 10.0 Å². The molecule has 0 saturated carbocycles. The molecular formula is C29H33N3O3S2. The molecule has 2 fully saturated rings. The Hall–Kier alpha value is -2.39. The van der Waals surface area contributed by atoms with E-state index in [4.69, 9.17) is 9.72 Å². The van der Waals surface area contributed by atoms with Crippen LogP contribution in [0, 0.1) is 5.92 Å². The summed E-state index contributed by atoms with van der Waals surface area (Å²) in [7, 11) is -3.54. The number of hydrogen-bond donors (Lipinski definition) is 0. The zero-order valence-corrected chi connectivity index (χ0v) is 22.8. The van der Waals surface area contributed by atoms with Crippen molar-refractivity contribution >= 4 is 43.6 Å². The first kappa shape index (κ1) is 24.9. The van der Waals surface area contributed by atoms with E-state index in [-0.39, 0.29) is 6.10 Å². The predicted molar refractivity (Wildman–Crippen MR) is 149 cm³/mol. The lowest BCUT2D eigenvalue weighted by molar-refractivity contribution is 0.0960. The van der Waals surface area contributed by atoms with Gasteiger partial charge < -0.3 is 9.30 Å². The lowest BCUT2D eigenvalue weighted by Gasteiger charge is -2.30. The number of thioether (sulfide) groups is 1. The van der Waals surface area contributed by atoms with Crippen LogP contribution in [0.2, 0.25) is 0 Å². The van der Waals surface area contributed by atoms with E-state index < -0.39 is 10.0 Å². The van der Waals surface area contributed by atoms with Gasteiger partial charge in [-0.1, -0.05) is 61.2 Å². The third-order valence-corrected chi connectivity index (χ3v) is 10.4. The molecule has 2 aliphatic rings. The number of sulfonamides is 1. The number of fused-ring (bicyclic) bond motifs is 2. The summed E-state index contributed by atoms with van der Waals surface area (Å²) in [6.45, 7) is 4.82. The summed E-state index contributed by atoms with van der Waals surface area (Å²) in [5.41, 5.74) is 2.93. The van der Waals surface area contributed by atoms with Crippen LogP contribution in [-0.2, 0) is 27.1 Å². The Labute approximate surface area is 223 Å². The van der Waals surface area contributed by atoms with Crippen molar-refractivity contribution in [2.75, 3.05) is 19.7 Å². The molecule has 6 rings (SSSR count). The molecule has 3 heterocycles. The summed E-state index contributed by atoms with van der Waals surface area (Å²) in [6, 6.07) is 20.4. The Morgan fingerprint density at radius 2 is 1.89 bits per heavy atom. The monoisotopic (exact) mass is 535 g/mol. The second-order valence-electron chi connectivity index (χ2n) is 10.4. The minimum absolute atomic E-state index is 0.163. The van der Waals surface area contributed by atoms with Crippen molar-refractivity contribution in [3.63, 3.8) is 0 Å². The van der Waals surface area contributed by atoms with E-state index >= 15 is 0 Å². The van der Waals surface area contributed by atoms with Gasteiger partial charge in [-0.3, -0.25) is 0 Å². The highest BCUT2D eigenvalue weighted by molar-refractivity contribution is 7.98. The number of nitrogens with zero attached hydrogens (tertiary/aromatic N) is 3. The van der Waals surface area contributed by atoms with Gasteiger partial charge in [0.15, 0.2) is 5.16 Å². The lowest BCUT2D eigenvalue weighted by Crippen LogP contribution is -2.39. The van der Waals surface area contributed by atoms with E-state index in [1.807, 2.05) is 6.07 Å². The molecular weight excluding hydrogens is 502 g/mol. The van der Waals surface area contributed by atoms with Crippen LogP contribution in [0.1, 0.15) is 38.2 Å². The van der Waals surface area contributed by atoms with E-state index in [2.05, 4.69) is 54.0 Å². The smallest absolute Gasteiger partial charge is 0.243 e. The Kier molecular flexibility index (Phi) is 7.01. The highest BCUT2D eigenvalue weighted by Crippen LogP contribution is 2.32. The quantitative estimate of drug-likeness (QED) is 0.268. The maximum Gasteiger partial charge on any atom is 0.243 e. The van der Waals surface area contributed by atoms with E-state index in [0.717, 1.165) is 60.8 Å². The molecule has 4 aromatic rings. The summed E-state index contributed by atoms with van der Waals surface area (Å²) < 4.78 is 36.7. The fourth-order valence-corrected chi connectivity index (χ4v) is 8.10. The van der Waals surface area contributed by atoms with Crippen LogP contribution >= 0.6 is 11.8 Å². The van der Waals surface area contributed by atoms with E-state index in [1.165, 1.54) is 16.3 Å². The summed E-state index contributed by atoms with van der Waals surface area (Å²) in [5.74, 6) is 1.17. The molecule has 2 atom stereocenters. The number of hydrogen-bond acceptors (Lipinski definition) is 5. The maximum absolute atomic E-state index is 13.4. The first-order chi connectivity index (χ1) is 18.0. The van der Waals surface area contributed by atoms with E-state index in [0.29, 0.717) is 23.9 Å². The van der Waals surface area contributed by atoms with Crippen LogP contribution in [0.5, 0.6) is 0 Å². The predicted octanol–water partition coefficient (Wildman–Crippen LogP) is 6.08. The largest absolute Gasteiger partial charge is 0.376 e. The summed E-state index contributed by atoms with van der Waals surface area (Å²) in [6.07, 6.45) is 4.27. The third-order valence-electron chi connectivity index (χ3n) is 7.53. The highest BCUT2D eigenvalue weighted by atomic mass is 32.2. The molecule has 1 aromatic heterocycles. The lowest BCUT2D eigenvalue weighted by atomic mass is 10.0. The number of rotatable bonds is 7. The molecule has 2 unspecified atom stereocenters. The molecule has 0 aliphatic carbocycles. The van der Waals surface area contributed by atoms with Crippen molar-refractivity contribution in [1.29, 1.82) is 0 Å². The standard InChI is InChI=1S/C29H33N3O3S2/c1-21-6-4-14-31(18-21)37(33,34)26-12-13-28-27(17-26)30-29(32(28)19-25-9-5-15-35-25)36-20-22-10-11-23-7-2-3-8-24(23)16-22/h2-3,7-8,10-13,16-17,21,25H,4-6,9,14-15,18-20H2,1H3. The Morgan fingerprint density at radius 3 is 2.70 bits per heavy atom. The zero-order chi connectivity index (χ0) is 25.4. The third kappa shape index (κ3) is 5.17. The van der Waals surface area contributed by atoms with Crippen molar-refractivity contribution in [3.8, 4) is 0 Å². The summed E-state index contributed by atoms with van der Waals surface area (Å²) in [4.78, 5) is 5.29. The molecule has 194 valence electrons. The summed E-state index contributed by atoms with van der Waals surface area (Å²) >= 11 is 1.70. The van der Waals surface area contributed by atoms with Gasteiger partial charge in [0.1, 0.15) is 0 Å². The summed E-state index contributed by atoms with van der Waals surface area (Å²) in [5, 5.41) is 3.37. The second kappa shape index (κ2) is 10.4. The van der Waals surface area contributed by atoms with Crippen LogP contribution < -0.4 is 0 Å². The molecule has 0 radical (unpaired) electrons. The Morgan fingerprint density at radius 1 is 1.03 bits per heavy atom. The fourth-order valence-electron chi connectivity index (χ4n) is 5.52. The number of imidazole rings is 1. The first-order valence-corrected chi connectivity index (χ1v) is 15.6. The van der Waals surface area contributed by atoms with Crippen LogP contribution in [0.3, 0.4) is 0 Å². The number of aromatic nitrogens is 2. The van der Waals surface area contributed by atoms with Gasteiger partial charge >= 0.3 is 0 Å². The van der Waals surface area contributed by atoms with Crippen molar-refractivity contribution in [3.05, 3.63) is 66.2 Å². The molecule has 0 spiro atoms. The number of benzene rings is 3. The van der Waals surface area contributed by atoms with Crippen LogP contribution in [-0.4, -0.2) is 48.1 Å². The van der Waals surface area contributed by atoms with Gasteiger partial charge in [0, 0.05) is 25.4 Å². The average Bonchev–Trinajstić information content (AvgIpc) is 3.55. The molecule has 2 saturated heterocycles. The Balaban J connectivity index is 1.32. The fraction of sp³-hybridized carbons (Fsp3) is 0.414. The SMILES string of the molecule is CC1CCCN(S(=O)(=O)c2ccc3c(c2)nc(SCc2ccc4ccccc4c2)n3CC2CCCO2)C1. The second-order valence-corrected chi connectivity index (χ2v) is 13.3. The highest BCUT2D eigenvalue weighted by Gasteiger charge is 2.29. The molecule has 8 heteroatoms. The topological polar surface area (TPSA) is 64.4 Å². The Bertz CT molecular complexity index is 1530. The van der Waals surface area contributed by atoms with Gasteiger partial charge in [-0.05, 0) is 66.1 Å². The van der Waals surface area contributed by atoms with Gasteiger partial charge in [0.05, 0.1) is 28.6 Å². The van der Waals surface area contributed by atoms with E-state index in [9.17, 15) is 8.42 Å². The molecule has 0 bridgehead atoms. The molecule has 6 nitrogen and oxygen atoms in total. The van der Waals surface area contributed by atoms with Gasteiger partial charge in [0.25, 0.3) is 0 Å². The minimum atomic E-state index is -3.54. The number of piperidine rings is 1. The molecule has 0 amide bonds. The molecule has 3 aromatic carbocycles. The van der Waals surface area contributed by atoms with Crippen molar-refractivity contribution < 1.29 is 13.2 Å². The van der Waals surface area contributed by atoms with E-state index in [1.54, 1.807) is 28.2 Å². The molecule has 2 aliphatic heterocycles. The van der Waals surface area contributed by atoms with Crippen molar-refractivity contribution in [2.45, 2.75) is 61.1 Å². The van der Waals surface area contributed by atoms with Gasteiger partial charge in [-0.15, -0.1) is 0 Å². The van der Waals surface area contributed by atoms with Crippen molar-refractivity contribution in [1.82, 2.24) is 13.9 Å². The number of ether oxygens (including phenoxy) is 1. The normalized spacial score (nSPS) is 21.2. The van der Waals surface area contributed by atoms with Crippen LogP contribution in [0.4, 0.5) is 0 Å². The van der Waals surface area contributed by atoms with Crippen LogP contribution in [0.25, 0.3) is 21.8 Å². The minimum Gasteiger partial charge on any atom is -0.376 e. The maximum atomic E-state index is 13.4. The molecule has 37 heavy (non-hydrogen) atoms. The van der Waals surface area contributed by atoms with Crippen LogP contribution in [0.15, 0.2) is 70.7 Å². The van der Waals surface area contributed by atoms with Crippen molar-refractivity contribution in [2.24, 2.45) is 5.92 Å². The molecule has 0 N–H and O–H groups in total. The first-order valence-electron chi connectivity index (χ1n) is 13.2. The van der Waals surface area contributed by atoms with Gasteiger partial charge in [-0.25, -0.2) is 13.4 Å². The zero-order valence-electron chi connectivity index (χ0n) is 21.2. The van der Waals surface area contributed by atoms with Gasteiger partial charge in [-0.2, -0.15) is 4.31 Å². The average molecular weight is 536 g/mol.